The molecule has 0 amide bonds. The van der Waals surface area contributed by atoms with Gasteiger partial charge in [-0.15, -0.1) is 0 Å². The van der Waals surface area contributed by atoms with Gasteiger partial charge in [0, 0.05) is 11.1 Å². The van der Waals surface area contributed by atoms with Gasteiger partial charge in [-0.25, -0.2) is 0 Å². The van der Waals surface area contributed by atoms with E-state index >= 15 is 0 Å². The van der Waals surface area contributed by atoms with Crippen LogP contribution >= 0.6 is 0 Å². The second-order valence-corrected chi connectivity index (χ2v) is 3.25. The van der Waals surface area contributed by atoms with E-state index in [0.29, 0.717) is 6.08 Å². The molecule has 86 valence electrons. The molecule has 0 aliphatic carbocycles. The van der Waals surface area contributed by atoms with Gasteiger partial charge in [0.25, 0.3) is 0 Å². The molecule has 0 heterocycles. The summed E-state index contributed by atoms with van der Waals surface area (Å²) in [6.07, 6.45) is -3.98. The van der Waals surface area contributed by atoms with E-state index in [4.69, 9.17) is 0 Å². The molecule has 1 aromatic rings. The van der Waals surface area contributed by atoms with Crippen molar-refractivity contribution < 1.29 is 18.0 Å². The number of hydrogen-bond acceptors (Lipinski definition) is 1. The standard InChI is InChI=1S/C12H11F3O/c1-2-10(12(13,14)15)8-11(16)9-6-4-3-5-7-9/h3-8H,2H2,1H3/b10-8+. The quantitative estimate of drug-likeness (QED) is 0.568. The van der Waals surface area contributed by atoms with E-state index in [1.165, 1.54) is 19.1 Å². The number of carbonyl (C=O) groups is 1. The first kappa shape index (κ1) is 12.5. The van der Waals surface area contributed by atoms with Crippen molar-refractivity contribution in [2.45, 2.75) is 19.5 Å². The summed E-state index contributed by atoms with van der Waals surface area (Å²) in [6.45, 7) is 1.37. The Labute approximate surface area is 91.6 Å². The van der Waals surface area contributed by atoms with Gasteiger partial charge < -0.3 is 0 Å². The van der Waals surface area contributed by atoms with Gasteiger partial charge in [-0.3, -0.25) is 4.79 Å². The minimum absolute atomic E-state index is 0.206. The molecule has 0 atom stereocenters. The van der Waals surface area contributed by atoms with Crippen LogP contribution in [0, 0.1) is 0 Å². The first-order valence-electron chi connectivity index (χ1n) is 4.82. The SMILES string of the molecule is CC/C(=C\C(=O)c1ccccc1)C(F)(F)F. The van der Waals surface area contributed by atoms with Crippen LogP contribution in [0.5, 0.6) is 0 Å². The van der Waals surface area contributed by atoms with Crippen molar-refractivity contribution in [3.8, 4) is 0 Å². The van der Waals surface area contributed by atoms with Crippen LogP contribution in [-0.2, 0) is 0 Å². The second-order valence-electron chi connectivity index (χ2n) is 3.25. The number of alkyl halides is 3. The van der Waals surface area contributed by atoms with Gasteiger partial charge in [0.15, 0.2) is 5.78 Å². The smallest absolute Gasteiger partial charge is 0.289 e. The number of carbonyl (C=O) groups excluding carboxylic acids is 1. The van der Waals surface area contributed by atoms with Crippen molar-refractivity contribution in [1.82, 2.24) is 0 Å². The fraction of sp³-hybridized carbons (Fsp3) is 0.250. The van der Waals surface area contributed by atoms with Crippen molar-refractivity contribution in [3.63, 3.8) is 0 Å². The molecule has 1 rings (SSSR count). The molecule has 0 fully saturated rings. The summed E-state index contributed by atoms with van der Waals surface area (Å²) in [5.74, 6) is -0.616. The van der Waals surface area contributed by atoms with Crippen LogP contribution in [0.25, 0.3) is 0 Å². The molecule has 0 saturated heterocycles. The molecule has 0 aromatic heterocycles. The van der Waals surface area contributed by atoms with Gasteiger partial charge in [-0.05, 0) is 12.5 Å². The lowest BCUT2D eigenvalue weighted by atomic mass is 10.1. The molecule has 16 heavy (non-hydrogen) atoms. The summed E-state index contributed by atoms with van der Waals surface area (Å²) in [5, 5.41) is 0. The average Bonchev–Trinajstić information content (AvgIpc) is 2.25. The summed E-state index contributed by atoms with van der Waals surface area (Å²) in [7, 11) is 0. The monoisotopic (exact) mass is 228 g/mol. The van der Waals surface area contributed by atoms with E-state index in [1.807, 2.05) is 0 Å². The lowest BCUT2D eigenvalue weighted by Crippen LogP contribution is -2.13. The van der Waals surface area contributed by atoms with Crippen molar-refractivity contribution in [3.05, 3.63) is 47.5 Å². The predicted molar refractivity (Wildman–Crippen MR) is 55.2 cm³/mol. The average molecular weight is 228 g/mol. The van der Waals surface area contributed by atoms with E-state index in [9.17, 15) is 18.0 Å². The van der Waals surface area contributed by atoms with Crippen LogP contribution < -0.4 is 0 Å². The van der Waals surface area contributed by atoms with Gasteiger partial charge in [-0.1, -0.05) is 37.3 Å². The van der Waals surface area contributed by atoms with E-state index in [2.05, 4.69) is 0 Å². The Morgan fingerprint density at radius 2 is 1.81 bits per heavy atom. The largest absolute Gasteiger partial charge is 0.412 e. The summed E-state index contributed by atoms with van der Waals surface area (Å²) in [4.78, 5) is 11.5. The lowest BCUT2D eigenvalue weighted by molar-refractivity contribution is -0.0936. The van der Waals surface area contributed by atoms with E-state index < -0.39 is 17.5 Å². The van der Waals surface area contributed by atoms with E-state index in [1.54, 1.807) is 18.2 Å². The lowest BCUT2D eigenvalue weighted by Gasteiger charge is -2.08. The highest BCUT2D eigenvalue weighted by Crippen LogP contribution is 2.28. The van der Waals surface area contributed by atoms with Crippen LogP contribution in [0.1, 0.15) is 23.7 Å². The topological polar surface area (TPSA) is 17.1 Å². The fourth-order valence-corrected chi connectivity index (χ4v) is 1.23. The molecular formula is C12H11F3O. The number of allylic oxidation sites excluding steroid dienone is 2. The minimum atomic E-state index is -4.43. The maximum atomic E-state index is 12.4. The number of rotatable bonds is 3. The Balaban J connectivity index is 2.96. The molecule has 0 N–H and O–H groups in total. The van der Waals surface area contributed by atoms with Crippen molar-refractivity contribution in [2.75, 3.05) is 0 Å². The summed E-state index contributed by atoms with van der Waals surface area (Å²) >= 11 is 0. The number of hydrogen-bond donors (Lipinski definition) is 0. The molecule has 0 radical (unpaired) electrons. The van der Waals surface area contributed by atoms with Crippen molar-refractivity contribution >= 4 is 5.78 Å². The highest BCUT2D eigenvalue weighted by molar-refractivity contribution is 6.04. The third kappa shape index (κ3) is 3.22. The minimum Gasteiger partial charge on any atom is -0.289 e. The van der Waals surface area contributed by atoms with Crippen molar-refractivity contribution in [1.29, 1.82) is 0 Å². The third-order valence-electron chi connectivity index (χ3n) is 2.11. The van der Waals surface area contributed by atoms with E-state index in [0.717, 1.165) is 0 Å². The van der Waals surface area contributed by atoms with Crippen LogP contribution in [0.3, 0.4) is 0 Å². The first-order chi connectivity index (χ1) is 7.45. The Morgan fingerprint density at radius 1 is 1.25 bits per heavy atom. The molecule has 0 saturated carbocycles. The molecule has 0 aliphatic heterocycles. The molecule has 1 aromatic carbocycles. The highest BCUT2D eigenvalue weighted by Gasteiger charge is 2.32. The molecule has 0 aliphatic rings. The normalized spacial score (nSPS) is 12.6. The molecular weight excluding hydrogens is 217 g/mol. The number of ketones is 1. The third-order valence-corrected chi connectivity index (χ3v) is 2.11. The Kier molecular flexibility index (Phi) is 3.88. The van der Waals surface area contributed by atoms with Gasteiger partial charge >= 0.3 is 6.18 Å². The summed E-state index contributed by atoms with van der Waals surface area (Å²) < 4.78 is 37.1. The highest BCUT2D eigenvalue weighted by atomic mass is 19.4. The Morgan fingerprint density at radius 3 is 2.25 bits per heavy atom. The summed E-state index contributed by atoms with van der Waals surface area (Å²) in [6, 6.07) is 7.90. The van der Waals surface area contributed by atoms with Gasteiger partial charge in [0.2, 0.25) is 0 Å². The maximum Gasteiger partial charge on any atom is 0.412 e. The molecule has 1 nitrogen and oxygen atoms in total. The maximum absolute atomic E-state index is 12.4. The number of halogens is 3. The van der Waals surface area contributed by atoms with Crippen LogP contribution in [0.15, 0.2) is 42.0 Å². The van der Waals surface area contributed by atoms with Gasteiger partial charge in [0.1, 0.15) is 0 Å². The fourth-order valence-electron chi connectivity index (χ4n) is 1.23. The zero-order chi connectivity index (χ0) is 12.2. The molecule has 0 unspecified atom stereocenters. The molecule has 0 bridgehead atoms. The molecule has 0 spiro atoms. The van der Waals surface area contributed by atoms with Gasteiger partial charge in [-0.2, -0.15) is 13.2 Å². The Bertz CT molecular complexity index is 390. The van der Waals surface area contributed by atoms with E-state index in [-0.39, 0.29) is 12.0 Å². The van der Waals surface area contributed by atoms with Gasteiger partial charge in [0.05, 0.1) is 0 Å². The van der Waals surface area contributed by atoms with Crippen LogP contribution in [-0.4, -0.2) is 12.0 Å². The molecule has 4 heteroatoms. The predicted octanol–water partition coefficient (Wildman–Crippen LogP) is 3.77. The zero-order valence-electron chi connectivity index (χ0n) is 8.71. The van der Waals surface area contributed by atoms with Crippen molar-refractivity contribution in [2.24, 2.45) is 0 Å². The number of benzene rings is 1. The second kappa shape index (κ2) is 4.96. The first-order valence-corrected chi connectivity index (χ1v) is 4.82. The van der Waals surface area contributed by atoms with Crippen LogP contribution in [0.2, 0.25) is 0 Å². The summed E-state index contributed by atoms with van der Waals surface area (Å²) in [5.41, 5.74) is -0.543. The zero-order valence-corrected chi connectivity index (χ0v) is 8.71. The van der Waals surface area contributed by atoms with Crippen LogP contribution in [0.4, 0.5) is 13.2 Å². The Hall–Kier alpha value is -1.58.